The van der Waals surface area contributed by atoms with Crippen LogP contribution in [-0.2, 0) is 5.33 Å². The van der Waals surface area contributed by atoms with Crippen molar-refractivity contribution in [3.63, 3.8) is 0 Å². The Kier molecular flexibility index (Phi) is 4.61. The number of hydrogen-bond donors (Lipinski definition) is 0. The van der Waals surface area contributed by atoms with Crippen molar-refractivity contribution in [1.29, 1.82) is 0 Å². The molecule has 0 aliphatic carbocycles. The maximum atomic E-state index is 13.9. The molecule has 0 bridgehead atoms. The summed E-state index contributed by atoms with van der Waals surface area (Å²) in [7, 11) is 0. The molecule has 2 fully saturated rings. The van der Waals surface area contributed by atoms with Crippen molar-refractivity contribution in [2.75, 3.05) is 31.1 Å². The third-order valence-corrected chi connectivity index (χ3v) is 5.20. The van der Waals surface area contributed by atoms with E-state index in [1.807, 2.05) is 6.07 Å². The Bertz CT molecular complexity index is 460. The first-order valence-electron chi connectivity index (χ1n) is 7.62. The Hall–Kier alpha value is -0.610. The zero-order valence-electron chi connectivity index (χ0n) is 11.8. The molecular weight excluding hydrogens is 319 g/mol. The van der Waals surface area contributed by atoms with Gasteiger partial charge in [-0.05, 0) is 44.5 Å². The molecule has 0 radical (unpaired) electrons. The van der Waals surface area contributed by atoms with Gasteiger partial charge in [-0.2, -0.15) is 0 Å². The van der Waals surface area contributed by atoms with E-state index < -0.39 is 0 Å². The summed E-state index contributed by atoms with van der Waals surface area (Å²) >= 11 is 3.42. The zero-order valence-corrected chi connectivity index (χ0v) is 13.4. The molecule has 0 aromatic heterocycles. The highest BCUT2D eigenvalue weighted by Gasteiger charge is 2.29. The van der Waals surface area contributed by atoms with E-state index in [1.165, 1.54) is 38.8 Å². The van der Waals surface area contributed by atoms with Crippen LogP contribution in [0.5, 0.6) is 0 Å². The van der Waals surface area contributed by atoms with Crippen molar-refractivity contribution in [1.82, 2.24) is 4.90 Å². The Morgan fingerprint density at radius 2 is 1.95 bits per heavy atom. The van der Waals surface area contributed by atoms with Crippen LogP contribution in [0.15, 0.2) is 18.2 Å². The highest BCUT2D eigenvalue weighted by atomic mass is 79.9. The van der Waals surface area contributed by atoms with Crippen molar-refractivity contribution < 1.29 is 4.39 Å². The van der Waals surface area contributed by atoms with Crippen LogP contribution in [0.4, 0.5) is 10.1 Å². The molecule has 2 heterocycles. The fourth-order valence-corrected chi connectivity index (χ4v) is 4.07. The van der Waals surface area contributed by atoms with Gasteiger partial charge < -0.3 is 4.90 Å². The summed E-state index contributed by atoms with van der Waals surface area (Å²) in [6, 6.07) is 6.09. The molecule has 2 aliphatic heterocycles. The van der Waals surface area contributed by atoms with Gasteiger partial charge in [-0.25, -0.2) is 4.39 Å². The van der Waals surface area contributed by atoms with Crippen molar-refractivity contribution >= 4 is 21.6 Å². The van der Waals surface area contributed by atoms with Gasteiger partial charge in [-0.3, -0.25) is 4.90 Å². The Morgan fingerprint density at radius 3 is 2.70 bits per heavy atom. The molecule has 2 saturated heterocycles. The summed E-state index contributed by atoms with van der Waals surface area (Å²) < 4.78 is 13.9. The second kappa shape index (κ2) is 6.44. The third-order valence-electron chi connectivity index (χ3n) is 4.64. The summed E-state index contributed by atoms with van der Waals surface area (Å²) in [5, 5.41) is 0.583. The summed E-state index contributed by atoms with van der Waals surface area (Å²) in [4.78, 5) is 5.00. The lowest BCUT2D eigenvalue weighted by Gasteiger charge is -2.32. The Morgan fingerprint density at radius 1 is 1.15 bits per heavy atom. The fourth-order valence-electron chi connectivity index (χ4n) is 3.52. The molecule has 0 amide bonds. The molecule has 4 heteroatoms. The van der Waals surface area contributed by atoms with Gasteiger partial charge in [0.05, 0.1) is 0 Å². The van der Waals surface area contributed by atoms with E-state index >= 15 is 0 Å². The summed E-state index contributed by atoms with van der Waals surface area (Å²) in [5.41, 5.74) is 1.87. The molecule has 0 saturated carbocycles. The summed E-state index contributed by atoms with van der Waals surface area (Å²) in [5.74, 6) is -0.0965. The fraction of sp³-hybridized carbons (Fsp3) is 0.625. The predicted molar refractivity (Wildman–Crippen MR) is 85.1 cm³/mol. The lowest BCUT2D eigenvalue weighted by atomic mass is 10.1. The van der Waals surface area contributed by atoms with Crippen LogP contribution in [0.25, 0.3) is 0 Å². The van der Waals surface area contributed by atoms with E-state index in [0.717, 1.165) is 24.3 Å². The number of hydrogen-bond acceptors (Lipinski definition) is 2. The number of nitrogens with zero attached hydrogens (tertiary/aromatic N) is 2. The second-order valence-electron chi connectivity index (χ2n) is 5.86. The number of anilines is 1. The van der Waals surface area contributed by atoms with Crippen LogP contribution < -0.4 is 4.90 Å². The summed E-state index contributed by atoms with van der Waals surface area (Å²) in [6.45, 7) is 4.58. The maximum Gasteiger partial charge on any atom is 0.129 e. The van der Waals surface area contributed by atoms with Crippen molar-refractivity contribution in [3.8, 4) is 0 Å². The Balaban J connectivity index is 1.72. The van der Waals surface area contributed by atoms with Gasteiger partial charge >= 0.3 is 0 Å². The van der Waals surface area contributed by atoms with Crippen molar-refractivity contribution in [3.05, 3.63) is 29.6 Å². The van der Waals surface area contributed by atoms with Gasteiger partial charge in [-0.1, -0.05) is 28.4 Å². The molecule has 3 rings (SSSR count). The first kappa shape index (κ1) is 14.3. The molecule has 110 valence electrons. The van der Waals surface area contributed by atoms with E-state index in [0.29, 0.717) is 11.4 Å². The van der Waals surface area contributed by atoms with Gasteiger partial charge in [0.1, 0.15) is 5.82 Å². The molecule has 2 aliphatic rings. The first-order chi connectivity index (χ1) is 9.79. The maximum absolute atomic E-state index is 13.9. The molecule has 0 spiro atoms. The van der Waals surface area contributed by atoms with Crippen LogP contribution >= 0.6 is 15.9 Å². The molecule has 1 atom stereocenters. The van der Waals surface area contributed by atoms with Gasteiger partial charge in [0.25, 0.3) is 0 Å². The minimum Gasteiger partial charge on any atom is -0.370 e. The number of rotatable bonds is 3. The monoisotopic (exact) mass is 340 g/mol. The predicted octanol–water partition coefficient (Wildman–Crippen LogP) is 3.79. The van der Waals surface area contributed by atoms with E-state index in [-0.39, 0.29) is 5.82 Å². The highest BCUT2D eigenvalue weighted by molar-refractivity contribution is 9.08. The number of piperidine rings is 1. The van der Waals surface area contributed by atoms with Crippen molar-refractivity contribution in [2.45, 2.75) is 37.1 Å². The van der Waals surface area contributed by atoms with Gasteiger partial charge in [0.15, 0.2) is 0 Å². The van der Waals surface area contributed by atoms with Gasteiger partial charge in [-0.15, -0.1) is 0 Å². The lowest BCUT2D eigenvalue weighted by molar-refractivity contribution is 0.175. The van der Waals surface area contributed by atoms with Gasteiger partial charge in [0.2, 0.25) is 0 Å². The van der Waals surface area contributed by atoms with Crippen LogP contribution in [0.2, 0.25) is 0 Å². The minimum absolute atomic E-state index is 0.0965. The molecule has 2 nitrogen and oxygen atoms in total. The standard InChI is InChI=1S/C16H22BrFN2/c17-11-14-15(18)5-4-6-16(14)20-10-7-13(12-20)19-8-2-1-3-9-19/h4-6,13H,1-3,7-12H2. The number of benzene rings is 1. The minimum atomic E-state index is -0.0965. The highest BCUT2D eigenvalue weighted by Crippen LogP contribution is 2.30. The summed E-state index contributed by atoms with van der Waals surface area (Å²) in [6.07, 6.45) is 5.26. The number of halogens is 2. The second-order valence-corrected chi connectivity index (χ2v) is 6.42. The molecule has 20 heavy (non-hydrogen) atoms. The van der Waals surface area contributed by atoms with E-state index in [4.69, 9.17) is 0 Å². The van der Waals surface area contributed by atoms with Crippen LogP contribution in [-0.4, -0.2) is 37.1 Å². The average molecular weight is 341 g/mol. The zero-order chi connectivity index (χ0) is 13.9. The first-order valence-corrected chi connectivity index (χ1v) is 8.74. The molecule has 1 aromatic carbocycles. The van der Waals surface area contributed by atoms with Crippen LogP contribution in [0.1, 0.15) is 31.2 Å². The van der Waals surface area contributed by atoms with E-state index in [2.05, 4.69) is 31.8 Å². The van der Waals surface area contributed by atoms with E-state index in [1.54, 1.807) is 6.07 Å². The lowest BCUT2D eigenvalue weighted by Crippen LogP contribution is -2.41. The Labute approximate surface area is 129 Å². The number of likely N-dealkylation sites (tertiary alicyclic amines) is 1. The topological polar surface area (TPSA) is 6.48 Å². The molecule has 1 aromatic rings. The van der Waals surface area contributed by atoms with Gasteiger partial charge in [0, 0.05) is 35.7 Å². The largest absolute Gasteiger partial charge is 0.370 e. The molecule has 1 unspecified atom stereocenters. The molecule has 0 N–H and O–H groups in total. The quantitative estimate of drug-likeness (QED) is 0.772. The average Bonchev–Trinajstić information content (AvgIpc) is 2.97. The normalized spacial score (nSPS) is 24.3. The van der Waals surface area contributed by atoms with Crippen LogP contribution in [0, 0.1) is 5.82 Å². The third kappa shape index (κ3) is 2.86. The SMILES string of the molecule is Fc1cccc(N2CCC(N3CCCCC3)C2)c1CBr. The van der Waals surface area contributed by atoms with Crippen LogP contribution in [0.3, 0.4) is 0 Å². The number of alkyl halides is 1. The molecular formula is C16H22BrFN2. The smallest absolute Gasteiger partial charge is 0.129 e. The van der Waals surface area contributed by atoms with E-state index in [9.17, 15) is 4.39 Å². The van der Waals surface area contributed by atoms with Crippen molar-refractivity contribution in [2.24, 2.45) is 0 Å².